The van der Waals surface area contributed by atoms with Gasteiger partial charge in [0.1, 0.15) is 17.1 Å². The molecule has 0 saturated heterocycles. The van der Waals surface area contributed by atoms with E-state index in [0.29, 0.717) is 11.7 Å². The van der Waals surface area contributed by atoms with Crippen LogP contribution in [0.5, 0.6) is 11.5 Å². The summed E-state index contributed by atoms with van der Waals surface area (Å²) in [6, 6.07) is 15.7. The maximum atomic E-state index is 6.09. The van der Waals surface area contributed by atoms with E-state index in [1.54, 1.807) is 7.11 Å². The molecule has 0 N–H and O–H groups in total. The second-order valence-electron chi connectivity index (χ2n) is 6.84. The highest BCUT2D eigenvalue weighted by atomic mass is 16.5. The number of fused-ring (bicyclic) bond motifs is 1. The predicted octanol–water partition coefficient (Wildman–Crippen LogP) is 4.44. The van der Waals surface area contributed by atoms with E-state index in [-0.39, 0.29) is 11.5 Å². The van der Waals surface area contributed by atoms with Crippen molar-refractivity contribution in [2.24, 2.45) is 0 Å². The standard InChI is InChI=1S/C20H20N2O3/c1-20(2)12-16(15-9-4-5-10-17(15)24-20)19-21-18(22-25-19)13-7-6-8-14(11-13)23-3/h4-11,16H,12H2,1-3H3. The summed E-state index contributed by atoms with van der Waals surface area (Å²) in [5, 5.41) is 4.18. The number of methoxy groups -OCH3 is 1. The zero-order chi connectivity index (χ0) is 17.4. The molecule has 1 unspecified atom stereocenters. The highest BCUT2D eigenvalue weighted by molar-refractivity contribution is 5.57. The summed E-state index contributed by atoms with van der Waals surface area (Å²) in [6.45, 7) is 4.16. The van der Waals surface area contributed by atoms with Gasteiger partial charge in [0.15, 0.2) is 0 Å². The van der Waals surface area contributed by atoms with Crippen LogP contribution in [0, 0.1) is 0 Å². The Kier molecular flexibility index (Phi) is 3.71. The van der Waals surface area contributed by atoms with Gasteiger partial charge >= 0.3 is 0 Å². The fourth-order valence-electron chi connectivity index (χ4n) is 3.28. The van der Waals surface area contributed by atoms with Crippen molar-refractivity contribution in [2.45, 2.75) is 31.8 Å². The molecular weight excluding hydrogens is 316 g/mol. The minimum Gasteiger partial charge on any atom is -0.497 e. The second-order valence-corrected chi connectivity index (χ2v) is 6.84. The molecule has 4 rings (SSSR count). The SMILES string of the molecule is COc1cccc(-c2noc(C3CC(C)(C)Oc4ccccc43)n2)c1. The van der Waals surface area contributed by atoms with Gasteiger partial charge in [-0.1, -0.05) is 35.5 Å². The molecule has 0 bridgehead atoms. The Bertz CT molecular complexity index is 901. The second kappa shape index (κ2) is 5.92. The molecule has 1 atom stereocenters. The van der Waals surface area contributed by atoms with Crippen LogP contribution in [0.1, 0.15) is 37.6 Å². The van der Waals surface area contributed by atoms with E-state index in [4.69, 9.17) is 14.0 Å². The first-order chi connectivity index (χ1) is 12.1. The third kappa shape index (κ3) is 2.97. The number of rotatable bonds is 3. The summed E-state index contributed by atoms with van der Waals surface area (Å²) in [5.41, 5.74) is 1.67. The van der Waals surface area contributed by atoms with E-state index in [9.17, 15) is 0 Å². The lowest BCUT2D eigenvalue weighted by molar-refractivity contribution is 0.0725. The molecule has 3 aromatic rings. The van der Waals surface area contributed by atoms with E-state index in [2.05, 4.69) is 30.1 Å². The van der Waals surface area contributed by atoms with Gasteiger partial charge in [-0.15, -0.1) is 0 Å². The van der Waals surface area contributed by atoms with Crippen LogP contribution in [-0.4, -0.2) is 22.9 Å². The van der Waals surface area contributed by atoms with Gasteiger partial charge in [-0.2, -0.15) is 4.98 Å². The van der Waals surface area contributed by atoms with Crippen molar-refractivity contribution in [3.05, 3.63) is 60.0 Å². The van der Waals surface area contributed by atoms with Crippen molar-refractivity contribution in [3.63, 3.8) is 0 Å². The average Bonchev–Trinajstić information content (AvgIpc) is 3.10. The van der Waals surface area contributed by atoms with Crippen molar-refractivity contribution in [3.8, 4) is 22.9 Å². The number of nitrogens with zero attached hydrogens (tertiary/aromatic N) is 2. The van der Waals surface area contributed by atoms with Crippen LogP contribution in [0.3, 0.4) is 0 Å². The number of hydrogen-bond donors (Lipinski definition) is 0. The highest BCUT2D eigenvalue weighted by Crippen LogP contribution is 2.43. The van der Waals surface area contributed by atoms with E-state index >= 15 is 0 Å². The number of ether oxygens (including phenoxy) is 2. The van der Waals surface area contributed by atoms with Gasteiger partial charge in [-0.3, -0.25) is 0 Å². The molecule has 1 aliphatic heterocycles. The topological polar surface area (TPSA) is 57.4 Å². The van der Waals surface area contributed by atoms with E-state index in [0.717, 1.165) is 29.0 Å². The molecule has 5 nitrogen and oxygen atoms in total. The average molecular weight is 336 g/mol. The molecule has 0 spiro atoms. The van der Waals surface area contributed by atoms with Gasteiger partial charge in [0.25, 0.3) is 0 Å². The molecular formula is C20H20N2O3. The summed E-state index contributed by atoms with van der Waals surface area (Å²) < 4.78 is 17.0. The van der Waals surface area contributed by atoms with Gasteiger partial charge in [0, 0.05) is 17.5 Å². The van der Waals surface area contributed by atoms with E-state index in [1.807, 2.05) is 42.5 Å². The van der Waals surface area contributed by atoms with Crippen LogP contribution in [0.4, 0.5) is 0 Å². The van der Waals surface area contributed by atoms with Crippen LogP contribution in [0.15, 0.2) is 53.1 Å². The van der Waals surface area contributed by atoms with Gasteiger partial charge in [-0.05, 0) is 32.0 Å². The third-order valence-corrected chi connectivity index (χ3v) is 4.44. The molecule has 0 saturated carbocycles. The van der Waals surface area contributed by atoms with Crippen LogP contribution in [0.2, 0.25) is 0 Å². The number of hydrogen-bond acceptors (Lipinski definition) is 5. The van der Waals surface area contributed by atoms with Crippen LogP contribution in [-0.2, 0) is 0 Å². The summed E-state index contributed by atoms with van der Waals surface area (Å²) in [7, 11) is 1.64. The first kappa shape index (κ1) is 15.7. The highest BCUT2D eigenvalue weighted by Gasteiger charge is 2.37. The Morgan fingerprint density at radius 2 is 1.96 bits per heavy atom. The van der Waals surface area contributed by atoms with Crippen LogP contribution < -0.4 is 9.47 Å². The Morgan fingerprint density at radius 3 is 2.80 bits per heavy atom. The van der Waals surface area contributed by atoms with Gasteiger partial charge in [0.05, 0.1) is 13.0 Å². The Morgan fingerprint density at radius 1 is 1.12 bits per heavy atom. The lowest BCUT2D eigenvalue weighted by atomic mass is 9.84. The number of benzene rings is 2. The Balaban J connectivity index is 1.72. The maximum absolute atomic E-state index is 6.09. The van der Waals surface area contributed by atoms with Crippen LogP contribution in [0.25, 0.3) is 11.4 Å². The lowest BCUT2D eigenvalue weighted by Crippen LogP contribution is -2.35. The van der Waals surface area contributed by atoms with Crippen LogP contribution >= 0.6 is 0 Å². The molecule has 1 aliphatic rings. The summed E-state index contributed by atoms with van der Waals surface area (Å²) in [6.07, 6.45) is 0.782. The largest absolute Gasteiger partial charge is 0.497 e. The van der Waals surface area contributed by atoms with E-state index in [1.165, 1.54) is 0 Å². The summed E-state index contributed by atoms with van der Waals surface area (Å²) >= 11 is 0. The molecule has 0 fully saturated rings. The van der Waals surface area contributed by atoms with Crippen molar-refractivity contribution >= 4 is 0 Å². The first-order valence-corrected chi connectivity index (χ1v) is 8.32. The molecule has 25 heavy (non-hydrogen) atoms. The monoisotopic (exact) mass is 336 g/mol. The summed E-state index contributed by atoms with van der Waals surface area (Å²) in [4.78, 5) is 4.66. The number of para-hydroxylation sites is 1. The molecule has 5 heteroatoms. The zero-order valence-corrected chi connectivity index (χ0v) is 14.5. The molecule has 1 aromatic heterocycles. The maximum Gasteiger partial charge on any atom is 0.234 e. The van der Waals surface area contributed by atoms with Gasteiger partial charge in [0.2, 0.25) is 11.7 Å². The fourth-order valence-corrected chi connectivity index (χ4v) is 3.28. The van der Waals surface area contributed by atoms with Gasteiger partial charge in [-0.25, -0.2) is 0 Å². The van der Waals surface area contributed by atoms with Crippen molar-refractivity contribution < 1.29 is 14.0 Å². The Hall–Kier alpha value is -2.82. The van der Waals surface area contributed by atoms with Crippen molar-refractivity contribution in [1.82, 2.24) is 10.1 Å². The van der Waals surface area contributed by atoms with Crippen molar-refractivity contribution in [2.75, 3.05) is 7.11 Å². The fraction of sp³-hybridized carbons (Fsp3) is 0.300. The molecule has 0 amide bonds. The van der Waals surface area contributed by atoms with Gasteiger partial charge < -0.3 is 14.0 Å². The quantitative estimate of drug-likeness (QED) is 0.708. The zero-order valence-electron chi connectivity index (χ0n) is 14.5. The van der Waals surface area contributed by atoms with E-state index < -0.39 is 0 Å². The Labute approximate surface area is 146 Å². The number of aromatic nitrogens is 2. The predicted molar refractivity (Wildman–Crippen MR) is 93.9 cm³/mol. The lowest BCUT2D eigenvalue weighted by Gasteiger charge is -2.36. The smallest absolute Gasteiger partial charge is 0.234 e. The molecule has 2 heterocycles. The normalized spacial score (nSPS) is 18.3. The molecule has 0 radical (unpaired) electrons. The third-order valence-electron chi connectivity index (χ3n) is 4.44. The molecule has 0 aliphatic carbocycles. The molecule has 2 aromatic carbocycles. The minimum atomic E-state index is -0.288. The van der Waals surface area contributed by atoms with Crippen molar-refractivity contribution in [1.29, 1.82) is 0 Å². The molecule has 128 valence electrons. The summed E-state index contributed by atoms with van der Waals surface area (Å²) in [5.74, 6) is 2.84. The minimum absolute atomic E-state index is 0.0202. The first-order valence-electron chi connectivity index (χ1n) is 8.32.